The average molecular weight is 384 g/mol. The monoisotopic (exact) mass is 384 g/mol. The Hall–Kier alpha value is -2.31. The first kappa shape index (κ1) is 19.0. The molecule has 2 atom stereocenters. The Bertz CT molecular complexity index is 818. The molecule has 2 aromatic rings. The van der Waals surface area contributed by atoms with Gasteiger partial charge in [-0.2, -0.15) is 0 Å². The predicted octanol–water partition coefficient (Wildman–Crippen LogP) is 3.14. The second-order valence-corrected chi connectivity index (χ2v) is 7.69. The highest BCUT2D eigenvalue weighted by Gasteiger charge is 2.37. The molecule has 3 aliphatic rings. The van der Waals surface area contributed by atoms with Crippen LogP contribution in [0.25, 0.3) is 11.3 Å². The number of methoxy groups -OCH3 is 2. The van der Waals surface area contributed by atoms with Crippen molar-refractivity contribution in [3.05, 3.63) is 42.2 Å². The van der Waals surface area contributed by atoms with Gasteiger partial charge in [0.1, 0.15) is 11.5 Å². The number of hydrogen-bond donors (Lipinski definition) is 0. The number of amides is 1. The summed E-state index contributed by atoms with van der Waals surface area (Å²) in [4.78, 5) is 17.6. The fourth-order valence-corrected chi connectivity index (χ4v) is 4.37. The van der Waals surface area contributed by atoms with Crippen LogP contribution in [-0.2, 0) is 4.74 Å². The van der Waals surface area contributed by atoms with Gasteiger partial charge in [-0.15, -0.1) is 0 Å². The predicted molar refractivity (Wildman–Crippen MR) is 107 cm³/mol. The molecule has 1 aromatic heterocycles. The molecule has 6 heteroatoms. The Kier molecular flexibility index (Phi) is 5.69. The summed E-state index contributed by atoms with van der Waals surface area (Å²) in [5.74, 6) is 2.36. The van der Waals surface area contributed by atoms with Crippen LogP contribution in [0.1, 0.15) is 23.4 Å². The van der Waals surface area contributed by atoms with Gasteiger partial charge >= 0.3 is 0 Å². The summed E-state index contributed by atoms with van der Waals surface area (Å²) in [6.07, 6.45) is 2.33. The van der Waals surface area contributed by atoms with E-state index in [0.717, 1.165) is 50.5 Å². The fraction of sp³-hybridized carbons (Fsp3) is 0.500. The molecule has 1 amide bonds. The normalized spacial score (nSPS) is 22.3. The van der Waals surface area contributed by atoms with E-state index in [1.54, 1.807) is 20.3 Å². The fourth-order valence-electron chi connectivity index (χ4n) is 4.37. The van der Waals surface area contributed by atoms with Crippen LogP contribution in [0.3, 0.4) is 0 Å². The van der Waals surface area contributed by atoms with E-state index >= 15 is 0 Å². The number of carbonyl (C=O) groups is 1. The molecule has 28 heavy (non-hydrogen) atoms. The molecule has 3 saturated heterocycles. The summed E-state index contributed by atoms with van der Waals surface area (Å²) in [5.41, 5.74) is 0.903. The van der Waals surface area contributed by atoms with E-state index in [9.17, 15) is 4.79 Å². The summed E-state index contributed by atoms with van der Waals surface area (Å²) in [6, 6.07) is 11.7. The largest absolute Gasteiger partial charge is 0.497 e. The van der Waals surface area contributed by atoms with Gasteiger partial charge in [0, 0.05) is 44.9 Å². The van der Waals surface area contributed by atoms with Gasteiger partial charge in [-0.25, -0.2) is 0 Å². The molecule has 0 radical (unpaired) electrons. The molecule has 6 nitrogen and oxygen atoms in total. The van der Waals surface area contributed by atoms with Gasteiger partial charge in [-0.3, -0.25) is 9.69 Å². The number of ether oxygens (including phenoxy) is 2. The molecular formula is C22H28N2O4. The van der Waals surface area contributed by atoms with Gasteiger partial charge < -0.3 is 18.8 Å². The first-order valence-corrected chi connectivity index (χ1v) is 9.94. The lowest BCUT2D eigenvalue weighted by atomic mass is 9.95. The van der Waals surface area contributed by atoms with Crippen LogP contribution in [-0.4, -0.2) is 68.8 Å². The third kappa shape index (κ3) is 3.93. The zero-order chi connectivity index (χ0) is 19.5. The van der Waals surface area contributed by atoms with E-state index < -0.39 is 0 Å². The lowest BCUT2D eigenvalue weighted by Gasteiger charge is -2.35. The number of carbonyl (C=O) groups excluding carboxylic acids is 1. The van der Waals surface area contributed by atoms with Crippen molar-refractivity contribution >= 4 is 5.91 Å². The lowest BCUT2D eigenvalue weighted by molar-refractivity contribution is 0.0690. The number of benzene rings is 1. The minimum atomic E-state index is -0.0142. The smallest absolute Gasteiger partial charge is 0.289 e. The molecule has 2 bridgehead atoms. The van der Waals surface area contributed by atoms with Gasteiger partial charge in [-0.1, -0.05) is 12.1 Å². The van der Waals surface area contributed by atoms with E-state index in [4.69, 9.17) is 13.9 Å². The Labute approximate surface area is 166 Å². The van der Waals surface area contributed by atoms with Crippen molar-refractivity contribution in [2.24, 2.45) is 5.92 Å². The van der Waals surface area contributed by atoms with Crippen LogP contribution in [0.5, 0.6) is 5.75 Å². The van der Waals surface area contributed by atoms with Crippen LogP contribution in [0.2, 0.25) is 0 Å². The minimum absolute atomic E-state index is 0.0142. The van der Waals surface area contributed by atoms with Gasteiger partial charge in [0.15, 0.2) is 5.76 Å². The molecule has 0 saturated carbocycles. The zero-order valence-electron chi connectivity index (χ0n) is 16.6. The Balaban J connectivity index is 1.48. The van der Waals surface area contributed by atoms with Crippen molar-refractivity contribution in [1.82, 2.24) is 9.80 Å². The Morgan fingerprint density at radius 2 is 2.04 bits per heavy atom. The molecule has 0 unspecified atom stereocenters. The van der Waals surface area contributed by atoms with Gasteiger partial charge in [0.05, 0.1) is 13.7 Å². The number of hydrogen-bond acceptors (Lipinski definition) is 5. The van der Waals surface area contributed by atoms with E-state index in [1.807, 2.05) is 35.2 Å². The minimum Gasteiger partial charge on any atom is -0.497 e. The van der Waals surface area contributed by atoms with Crippen molar-refractivity contribution in [2.45, 2.75) is 18.9 Å². The summed E-state index contributed by atoms with van der Waals surface area (Å²) < 4.78 is 16.5. The molecule has 150 valence electrons. The van der Waals surface area contributed by atoms with Gasteiger partial charge in [-0.05, 0) is 43.0 Å². The first-order chi connectivity index (χ1) is 13.7. The third-order valence-corrected chi connectivity index (χ3v) is 5.87. The Morgan fingerprint density at radius 3 is 2.86 bits per heavy atom. The SMILES string of the molecule is COCCN1C[C@@H]2CC[C@H]1CN(C(=O)c1ccc(-c3cccc(OC)c3)o1)C2. The molecule has 0 spiro atoms. The van der Waals surface area contributed by atoms with Crippen LogP contribution < -0.4 is 4.74 Å². The first-order valence-electron chi connectivity index (χ1n) is 9.94. The molecule has 5 rings (SSSR count). The highest BCUT2D eigenvalue weighted by atomic mass is 16.5. The quantitative estimate of drug-likeness (QED) is 0.766. The molecule has 3 fully saturated rings. The highest BCUT2D eigenvalue weighted by Crippen LogP contribution is 2.30. The van der Waals surface area contributed by atoms with Crippen LogP contribution in [0, 0.1) is 5.92 Å². The average Bonchev–Trinajstić information content (AvgIpc) is 3.05. The van der Waals surface area contributed by atoms with Crippen molar-refractivity contribution < 1.29 is 18.7 Å². The van der Waals surface area contributed by atoms with E-state index in [2.05, 4.69) is 4.90 Å². The van der Waals surface area contributed by atoms with Crippen LogP contribution in [0.15, 0.2) is 40.8 Å². The topological polar surface area (TPSA) is 55.2 Å². The number of rotatable bonds is 6. The maximum absolute atomic E-state index is 13.1. The molecule has 3 aliphatic heterocycles. The number of nitrogens with zero attached hydrogens (tertiary/aromatic N) is 2. The maximum Gasteiger partial charge on any atom is 0.289 e. The van der Waals surface area contributed by atoms with Crippen molar-refractivity contribution in [3.63, 3.8) is 0 Å². The van der Waals surface area contributed by atoms with Crippen LogP contribution in [0.4, 0.5) is 0 Å². The molecular weight excluding hydrogens is 356 g/mol. The third-order valence-electron chi connectivity index (χ3n) is 5.87. The summed E-state index contributed by atoms with van der Waals surface area (Å²) in [5, 5.41) is 0. The summed E-state index contributed by atoms with van der Waals surface area (Å²) in [6.45, 7) is 4.27. The number of piperidine rings is 1. The zero-order valence-corrected chi connectivity index (χ0v) is 16.6. The molecule has 0 N–H and O–H groups in total. The highest BCUT2D eigenvalue weighted by molar-refractivity contribution is 5.92. The molecule has 1 aromatic carbocycles. The maximum atomic E-state index is 13.1. The van der Waals surface area contributed by atoms with Crippen molar-refractivity contribution in [1.29, 1.82) is 0 Å². The lowest BCUT2D eigenvalue weighted by Crippen LogP contribution is -2.45. The molecule has 4 heterocycles. The number of fused-ring (bicyclic) bond motifs is 4. The van der Waals surface area contributed by atoms with Gasteiger partial charge in [0.25, 0.3) is 5.91 Å². The Morgan fingerprint density at radius 1 is 1.14 bits per heavy atom. The van der Waals surface area contributed by atoms with Crippen molar-refractivity contribution in [3.8, 4) is 17.1 Å². The van der Waals surface area contributed by atoms with Crippen LogP contribution >= 0.6 is 0 Å². The standard InChI is InChI=1S/C22H28N2O4/c1-26-11-10-23-13-16-6-7-18(23)15-24(14-16)22(25)21-9-8-20(28-21)17-4-3-5-19(12-17)27-2/h3-5,8-9,12,16,18H,6-7,10-11,13-15H2,1-2H3/t16-,18-/m0/s1. The molecule has 0 aliphatic carbocycles. The van der Waals surface area contributed by atoms with E-state index in [0.29, 0.717) is 23.5 Å². The summed E-state index contributed by atoms with van der Waals surface area (Å²) >= 11 is 0. The van der Waals surface area contributed by atoms with Gasteiger partial charge in [0.2, 0.25) is 0 Å². The van der Waals surface area contributed by atoms with E-state index in [1.165, 1.54) is 6.42 Å². The number of furan rings is 1. The van der Waals surface area contributed by atoms with E-state index in [-0.39, 0.29) is 5.91 Å². The summed E-state index contributed by atoms with van der Waals surface area (Å²) in [7, 11) is 3.38. The second-order valence-electron chi connectivity index (χ2n) is 7.69. The second kappa shape index (κ2) is 8.37. The van der Waals surface area contributed by atoms with Crippen molar-refractivity contribution in [2.75, 3.05) is 47.0 Å².